The number of aromatic hydroxyl groups is 2. The molecule has 0 aromatic heterocycles. The Balaban J connectivity index is 0.000000320. The Bertz CT molecular complexity index is 1610. The zero-order valence-electron chi connectivity index (χ0n) is 28.6. The fourth-order valence-electron chi connectivity index (χ4n) is 5.53. The fraction of sp³-hybridized carbons (Fsp3) is 0.415. The van der Waals surface area contributed by atoms with Crippen LogP contribution in [0, 0.1) is 13.8 Å². The quantitative estimate of drug-likeness (QED) is 0.131. The van der Waals surface area contributed by atoms with Gasteiger partial charge in [-0.3, -0.25) is 9.59 Å². The smallest absolute Gasteiger partial charge is 0.185 e. The van der Waals surface area contributed by atoms with Gasteiger partial charge in [0.2, 0.25) is 0 Å². The standard InChI is InChI=1S/C20H26O3.C20H24O3.CH4/c2*1-13-14(2)19(22)17(12-15-8-6-5-7-9-15)16(18(13)21)10-11-20(3,4)23;/h5-9,21-23H,10-12H2,1-4H3;5-9,23H,10-12H2,1-4H3;1H4. The Morgan fingerprint density at radius 3 is 1.38 bits per heavy atom. The van der Waals surface area contributed by atoms with Crippen molar-refractivity contribution in [1.82, 2.24) is 0 Å². The number of phenols is 2. The third-order valence-corrected chi connectivity index (χ3v) is 8.79. The molecule has 0 atom stereocenters. The van der Waals surface area contributed by atoms with Crippen LogP contribution in [-0.2, 0) is 28.9 Å². The summed E-state index contributed by atoms with van der Waals surface area (Å²) >= 11 is 0. The topological polar surface area (TPSA) is 115 Å². The molecule has 3 aromatic rings. The highest BCUT2D eigenvalue weighted by molar-refractivity contribution is 6.24. The first-order chi connectivity index (χ1) is 21.4. The summed E-state index contributed by atoms with van der Waals surface area (Å²) in [5, 5.41) is 41.1. The molecule has 254 valence electrons. The first-order valence-corrected chi connectivity index (χ1v) is 16.0. The van der Waals surface area contributed by atoms with Crippen molar-refractivity contribution >= 4 is 11.6 Å². The van der Waals surface area contributed by atoms with Crippen LogP contribution in [0.4, 0.5) is 0 Å². The lowest BCUT2D eigenvalue weighted by Crippen LogP contribution is -2.25. The maximum atomic E-state index is 12.7. The van der Waals surface area contributed by atoms with E-state index in [0.29, 0.717) is 71.9 Å². The molecule has 0 heterocycles. The molecule has 3 aromatic carbocycles. The van der Waals surface area contributed by atoms with Gasteiger partial charge in [-0.2, -0.15) is 0 Å². The number of allylic oxidation sites excluding steroid dienone is 4. The first-order valence-electron chi connectivity index (χ1n) is 16.0. The highest BCUT2D eigenvalue weighted by atomic mass is 16.3. The van der Waals surface area contributed by atoms with Crippen LogP contribution in [0.1, 0.15) is 102 Å². The summed E-state index contributed by atoms with van der Waals surface area (Å²) < 4.78 is 0. The van der Waals surface area contributed by atoms with Crippen LogP contribution in [0.15, 0.2) is 83.0 Å². The van der Waals surface area contributed by atoms with Crippen LogP contribution >= 0.6 is 0 Å². The van der Waals surface area contributed by atoms with E-state index in [9.17, 15) is 30.0 Å². The van der Waals surface area contributed by atoms with Gasteiger partial charge in [0.25, 0.3) is 0 Å². The van der Waals surface area contributed by atoms with Crippen molar-refractivity contribution in [2.24, 2.45) is 0 Å². The zero-order chi connectivity index (χ0) is 34.4. The molecule has 6 nitrogen and oxygen atoms in total. The maximum absolute atomic E-state index is 12.7. The van der Waals surface area contributed by atoms with Crippen LogP contribution in [0.5, 0.6) is 11.5 Å². The molecular formula is C41H54O6. The molecule has 1 aliphatic carbocycles. The van der Waals surface area contributed by atoms with Crippen LogP contribution < -0.4 is 0 Å². The molecule has 0 saturated heterocycles. The summed E-state index contributed by atoms with van der Waals surface area (Å²) in [6.45, 7) is 14.0. The van der Waals surface area contributed by atoms with Crippen molar-refractivity contribution < 1.29 is 30.0 Å². The molecular weight excluding hydrogens is 588 g/mol. The summed E-state index contributed by atoms with van der Waals surface area (Å²) in [7, 11) is 0. The molecule has 4 N–H and O–H groups in total. The lowest BCUT2D eigenvalue weighted by atomic mass is 9.80. The molecule has 0 spiro atoms. The third-order valence-electron chi connectivity index (χ3n) is 8.79. The highest BCUT2D eigenvalue weighted by Gasteiger charge is 2.31. The number of hydrogen-bond donors (Lipinski definition) is 4. The number of Topliss-reactive ketones (excluding diaryl/α,β-unsaturated/α-hetero) is 2. The molecule has 0 unspecified atom stereocenters. The van der Waals surface area contributed by atoms with E-state index >= 15 is 0 Å². The molecule has 0 aliphatic heterocycles. The molecule has 0 fully saturated rings. The Morgan fingerprint density at radius 2 is 0.936 bits per heavy atom. The van der Waals surface area contributed by atoms with Gasteiger partial charge in [0.1, 0.15) is 11.5 Å². The number of ketones is 2. The van der Waals surface area contributed by atoms with E-state index in [1.165, 1.54) is 0 Å². The summed E-state index contributed by atoms with van der Waals surface area (Å²) in [6.07, 6.45) is 2.92. The monoisotopic (exact) mass is 642 g/mol. The van der Waals surface area contributed by atoms with Gasteiger partial charge in [0.15, 0.2) is 11.6 Å². The molecule has 0 saturated carbocycles. The van der Waals surface area contributed by atoms with E-state index in [2.05, 4.69) is 0 Å². The number of rotatable bonds is 10. The minimum absolute atomic E-state index is 0. The molecule has 1 aliphatic rings. The Kier molecular flexibility index (Phi) is 13.5. The summed E-state index contributed by atoms with van der Waals surface area (Å²) in [5.41, 5.74) is 5.50. The molecule has 4 rings (SSSR count). The summed E-state index contributed by atoms with van der Waals surface area (Å²) in [4.78, 5) is 25.3. The first kappa shape index (κ1) is 39.2. The number of benzene rings is 3. The predicted octanol–water partition coefficient (Wildman–Crippen LogP) is 8.21. The maximum Gasteiger partial charge on any atom is 0.185 e. The van der Waals surface area contributed by atoms with Gasteiger partial charge in [-0.25, -0.2) is 0 Å². The fourth-order valence-corrected chi connectivity index (χ4v) is 5.53. The molecule has 0 radical (unpaired) electrons. The third kappa shape index (κ3) is 10.5. The van der Waals surface area contributed by atoms with E-state index in [1.807, 2.05) is 74.5 Å². The van der Waals surface area contributed by atoms with Gasteiger partial charge >= 0.3 is 0 Å². The van der Waals surface area contributed by atoms with Crippen molar-refractivity contribution in [3.8, 4) is 11.5 Å². The minimum atomic E-state index is -0.863. The number of aliphatic hydroxyl groups is 2. The summed E-state index contributed by atoms with van der Waals surface area (Å²) in [5.74, 6) is 0.374. The van der Waals surface area contributed by atoms with E-state index in [-0.39, 0.29) is 30.5 Å². The lowest BCUT2D eigenvalue weighted by Gasteiger charge is -2.23. The van der Waals surface area contributed by atoms with Crippen molar-refractivity contribution in [2.75, 3.05) is 0 Å². The average molecular weight is 643 g/mol. The Hall–Kier alpha value is -4.00. The second-order valence-corrected chi connectivity index (χ2v) is 13.7. The normalized spacial score (nSPS) is 13.7. The zero-order valence-corrected chi connectivity index (χ0v) is 28.6. The van der Waals surface area contributed by atoms with Crippen molar-refractivity contribution in [2.45, 2.75) is 113 Å². The largest absolute Gasteiger partial charge is 0.507 e. The van der Waals surface area contributed by atoms with Crippen molar-refractivity contribution in [3.05, 3.63) is 116 Å². The van der Waals surface area contributed by atoms with Gasteiger partial charge in [0.05, 0.1) is 11.2 Å². The van der Waals surface area contributed by atoms with E-state index in [1.54, 1.807) is 41.5 Å². The number of carbonyl (C=O) groups is 2. The number of carbonyl (C=O) groups excluding carboxylic acids is 2. The summed E-state index contributed by atoms with van der Waals surface area (Å²) in [6, 6.07) is 19.6. The number of hydrogen-bond acceptors (Lipinski definition) is 6. The van der Waals surface area contributed by atoms with Gasteiger partial charge < -0.3 is 20.4 Å². The number of phenolic OH excluding ortho intramolecular Hbond substituents is 2. The van der Waals surface area contributed by atoms with Gasteiger partial charge in [0, 0.05) is 46.3 Å². The molecule has 6 heteroatoms. The predicted molar refractivity (Wildman–Crippen MR) is 191 cm³/mol. The van der Waals surface area contributed by atoms with Crippen LogP contribution in [-0.4, -0.2) is 43.2 Å². The van der Waals surface area contributed by atoms with Crippen molar-refractivity contribution in [1.29, 1.82) is 0 Å². The van der Waals surface area contributed by atoms with E-state index in [4.69, 9.17) is 0 Å². The highest BCUT2D eigenvalue weighted by Crippen LogP contribution is 2.39. The Morgan fingerprint density at radius 1 is 0.553 bits per heavy atom. The molecule has 0 amide bonds. The van der Waals surface area contributed by atoms with E-state index in [0.717, 1.165) is 22.3 Å². The van der Waals surface area contributed by atoms with Gasteiger partial charge in [-0.15, -0.1) is 0 Å². The van der Waals surface area contributed by atoms with E-state index < -0.39 is 11.2 Å². The van der Waals surface area contributed by atoms with Crippen LogP contribution in [0.25, 0.3) is 0 Å². The second-order valence-electron chi connectivity index (χ2n) is 13.7. The average Bonchev–Trinajstić information content (AvgIpc) is 3.00. The van der Waals surface area contributed by atoms with Gasteiger partial charge in [-0.1, -0.05) is 68.1 Å². The SMILES string of the molecule is C.CC1=C(C)C(=O)C(Cc2ccccc2)=C(CCC(C)(C)O)C1=O.Cc1c(C)c(O)c(Cc2ccccc2)c(CCC(C)(C)O)c1O. The van der Waals surface area contributed by atoms with Crippen molar-refractivity contribution in [3.63, 3.8) is 0 Å². The lowest BCUT2D eigenvalue weighted by molar-refractivity contribution is -0.116. The molecule has 47 heavy (non-hydrogen) atoms. The van der Waals surface area contributed by atoms with Crippen LogP contribution in [0.2, 0.25) is 0 Å². The minimum Gasteiger partial charge on any atom is -0.507 e. The molecule has 0 bridgehead atoms. The second kappa shape index (κ2) is 16.2. The van der Waals surface area contributed by atoms with Crippen LogP contribution in [0.3, 0.4) is 0 Å². The Labute approximate surface area is 281 Å². The van der Waals surface area contributed by atoms with Gasteiger partial charge in [-0.05, 0) is 103 Å².